The number of benzene rings is 1. The molecule has 1 aromatic rings. The highest BCUT2D eigenvalue weighted by Gasteiger charge is 2.27. The lowest BCUT2D eigenvalue weighted by atomic mass is 9.94. The van der Waals surface area contributed by atoms with E-state index in [-0.39, 0.29) is 11.8 Å². The normalized spacial score (nSPS) is 16.0. The van der Waals surface area contributed by atoms with Gasteiger partial charge in [-0.1, -0.05) is 57.5 Å². The van der Waals surface area contributed by atoms with Crippen molar-refractivity contribution in [2.24, 2.45) is 10.5 Å². The van der Waals surface area contributed by atoms with E-state index in [9.17, 15) is 9.59 Å². The first-order valence-corrected chi connectivity index (χ1v) is 9.06. The van der Waals surface area contributed by atoms with Crippen molar-refractivity contribution in [3.63, 3.8) is 0 Å². The van der Waals surface area contributed by atoms with Crippen molar-refractivity contribution in [1.29, 1.82) is 0 Å². The molecule has 1 atom stereocenters. The second-order valence-corrected chi connectivity index (χ2v) is 7.68. The molecule has 0 radical (unpaired) electrons. The molecule has 1 aromatic carbocycles. The molecule has 5 heteroatoms. The van der Waals surface area contributed by atoms with Gasteiger partial charge in [0.25, 0.3) is 5.91 Å². The van der Waals surface area contributed by atoms with Crippen LogP contribution in [0.2, 0.25) is 0 Å². The van der Waals surface area contributed by atoms with Crippen LogP contribution in [0.1, 0.15) is 58.4 Å². The van der Waals surface area contributed by atoms with Crippen LogP contribution >= 0.6 is 0 Å². The Morgan fingerprint density at radius 3 is 2.32 bits per heavy atom. The van der Waals surface area contributed by atoms with E-state index >= 15 is 0 Å². The molecule has 1 fully saturated rings. The van der Waals surface area contributed by atoms with Gasteiger partial charge in [-0.15, -0.1) is 0 Å². The van der Waals surface area contributed by atoms with Crippen molar-refractivity contribution in [3.05, 3.63) is 35.9 Å². The minimum Gasteiger partial charge on any atom is -0.343 e. The Morgan fingerprint density at radius 2 is 1.72 bits per heavy atom. The maximum atomic E-state index is 12.6. The molecule has 0 aliphatic heterocycles. The molecule has 1 aliphatic carbocycles. The van der Waals surface area contributed by atoms with Gasteiger partial charge in [-0.05, 0) is 31.2 Å². The average molecular weight is 343 g/mol. The fraction of sp³-hybridized carbons (Fsp3) is 0.550. The number of hydrogen-bond acceptors (Lipinski definition) is 3. The SMILES string of the molecule is CC(C)(C)C(=O)NC(Cc1ccccc1)C(=O)NN=C1CCCCC1. The van der Waals surface area contributed by atoms with Crippen LogP contribution in [-0.2, 0) is 16.0 Å². The summed E-state index contributed by atoms with van der Waals surface area (Å²) in [7, 11) is 0. The third-order valence-electron chi connectivity index (χ3n) is 4.34. The second-order valence-electron chi connectivity index (χ2n) is 7.68. The number of hydrogen-bond donors (Lipinski definition) is 2. The van der Waals surface area contributed by atoms with Crippen LogP contribution in [0, 0.1) is 5.41 Å². The molecule has 0 saturated heterocycles. The molecule has 1 saturated carbocycles. The van der Waals surface area contributed by atoms with E-state index in [2.05, 4.69) is 15.8 Å². The second kappa shape index (κ2) is 8.79. The molecule has 1 unspecified atom stereocenters. The van der Waals surface area contributed by atoms with Gasteiger partial charge in [-0.2, -0.15) is 5.10 Å². The predicted octanol–water partition coefficient (Wildman–Crippen LogP) is 3.20. The number of amides is 2. The average Bonchev–Trinajstić information content (AvgIpc) is 2.60. The summed E-state index contributed by atoms with van der Waals surface area (Å²) < 4.78 is 0. The fourth-order valence-electron chi connectivity index (χ4n) is 2.72. The highest BCUT2D eigenvalue weighted by molar-refractivity contribution is 5.91. The zero-order chi connectivity index (χ0) is 18.3. The molecule has 0 bridgehead atoms. The molecule has 0 aromatic heterocycles. The van der Waals surface area contributed by atoms with Gasteiger partial charge in [0.2, 0.25) is 5.91 Å². The number of hydrazone groups is 1. The summed E-state index contributed by atoms with van der Waals surface area (Å²) in [5.41, 5.74) is 4.16. The first kappa shape index (κ1) is 19.2. The maximum Gasteiger partial charge on any atom is 0.262 e. The zero-order valence-corrected chi connectivity index (χ0v) is 15.5. The van der Waals surface area contributed by atoms with Crippen LogP contribution in [0.5, 0.6) is 0 Å². The van der Waals surface area contributed by atoms with Gasteiger partial charge in [0.1, 0.15) is 6.04 Å². The van der Waals surface area contributed by atoms with Crippen LogP contribution in [0.15, 0.2) is 35.4 Å². The van der Waals surface area contributed by atoms with Crippen LogP contribution in [0.3, 0.4) is 0 Å². The Morgan fingerprint density at radius 1 is 1.08 bits per heavy atom. The van der Waals surface area contributed by atoms with Gasteiger partial charge < -0.3 is 5.32 Å². The molecule has 2 amide bonds. The molecular formula is C20H29N3O2. The standard InChI is InChI=1S/C20H29N3O2/c1-20(2,3)19(25)21-17(14-15-10-6-4-7-11-15)18(24)23-22-16-12-8-5-9-13-16/h4,6-7,10-11,17H,5,8-9,12-14H2,1-3H3,(H,21,25)(H,23,24). The Hall–Kier alpha value is -2.17. The number of carbonyl (C=O) groups excluding carboxylic acids is 2. The van der Waals surface area contributed by atoms with Crippen molar-refractivity contribution in [2.45, 2.75) is 65.3 Å². The monoisotopic (exact) mass is 343 g/mol. The quantitative estimate of drug-likeness (QED) is 0.806. The van der Waals surface area contributed by atoms with Gasteiger partial charge >= 0.3 is 0 Å². The van der Waals surface area contributed by atoms with Gasteiger partial charge in [0, 0.05) is 17.5 Å². The lowest BCUT2D eigenvalue weighted by Crippen LogP contribution is -2.50. The lowest BCUT2D eigenvalue weighted by Gasteiger charge is -2.23. The number of rotatable bonds is 5. The van der Waals surface area contributed by atoms with Crippen LogP contribution in [0.4, 0.5) is 0 Å². The summed E-state index contributed by atoms with van der Waals surface area (Å²) in [6.45, 7) is 5.51. The summed E-state index contributed by atoms with van der Waals surface area (Å²) >= 11 is 0. The minimum atomic E-state index is -0.637. The third kappa shape index (κ3) is 6.33. The number of carbonyl (C=O) groups is 2. The topological polar surface area (TPSA) is 70.6 Å². The first-order valence-electron chi connectivity index (χ1n) is 9.06. The first-order chi connectivity index (χ1) is 11.9. The van der Waals surface area contributed by atoms with Crippen LogP contribution < -0.4 is 10.7 Å². The van der Waals surface area contributed by atoms with Crippen molar-refractivity contribution in [2.75, 3.05) is 0 Å². The van der Waals surface area contributed by atoms with Gasteiger partial charge in [-0.3, -0.25) is 9.59 Å². The molecular weight excluding hydrogens is 314 g/mol. The smallest absolute Gasteiger partial charge is 0.262 e. The molecule has 136 valence electrons. The summed E-state index contributed by atoms with van der Waals surface area (Å²) in [4.78, 5) is 25.0. The molecule has 2 rings (SSSR count). The predicted molar refractivity (Wildman–Crippen MR) is 100 cm³/mol. The molecule has 1 aliphatic rings. The Bertz CT molecular complexity index is 610. The maximum absolute atomic E-state index is 12.6. The summed E-state index contributed by atoms with van der Waals surface area (Å²) in [5.74, 6) is -0.409. The van der Waals surface area contributed by atoms with Crippen molar-refractivity contribution < 1.29 is 9.59 Å². The summed E-state index contributed by atoms with van der Waals surface area (Å²) in [6, 6.07) is 9.06. The Kier molecular flexibility index (Phi) is 6.73. The molecule has 0 spiro atoms. The molecule has 2 N–H and O–H groups in total. The molecule has 0 heterocycles. The minimum absolute atomic E-state index is 0.145. The molecule has 25 heavy (non-hydrogen) atoms. The summed E-state index contributed by atoms with van der Waals surface area (Å²) in [6.07, 6.45) is 5.81. The van der Waals surface area contributed by atoms with Gasteiger partial charge in [-0.25, -0.2) is 5.43 Å². The number of nitrogens with one attached hydrogen (secondary N) is 2. The van der Waals surface area contributed by atoms with E-state index in [1.54, 1.807) is 0 Å². The van der Waals surface area contributed by atoms with E-state index < -0.39 is 11.5 Å². The van der Waals surface area contributed by atoms with E-state index in [0.29, 0.717) is 6.42 Å². The van der Waals surface area contributed by atoms with E-state index in [4.69, 9.17) is 0 Å². The Labute approximate surface area is 150 Å². The third-order valence-corrected chi connectivity index (χ3v) is 4.34. The van der Waals surface area contributed by atoms with Crippen LogP contribution in [0.25, 0.3) is 0 Å². The highest BCUT2D eigenvalue weighted by Crippen LogP contribution is 2.15. The van der Waals surface area contributed by atoms with E-state index in [0.717, 1.165) is 37.0 Å². The van der Waals surface area contributed by atoms with Crippen molar-refractivity contribution in [3.8, 4) is 0 Å². The lowest BCUT2D eigenvalue weighted by molar-refractivity contribution is -0.133. The molecule has 5 nitrogen and oxygen atoms in total. The largest absolute Gasteiger partial charge is 0.343 e. The van der Waals surface area contributed by atoms with E-state index in [1.165, 1.54) is 6.42 Å². The van der Waals surface area contributed by atoms with Crippen molar-refractivity contribution >= 4 is 17.5 Å². The summed E-state index contributed by atoms with van der Waals surface area (Å²) in [5, 5.41) is 7.15. The Balaban J connectivity index is 2.06. The van der Waals surface area contributed by atoms with E-state index in [1.807, 2.05) is 51.1 Å². The zero-order valence-electron chi connectivity index (χ0n) is 15.5. The van der Waals surface area contributed by atoms with Crippen molar-refractivity contribution in [1.82, 2.24) is 10.7 Å². The fourth-order valence-corrected chi connectivity index (χ4v) is 2.72. The highest BCUT2D eigenvalue weighted by atomic mass is 16.2. The van der Waals surface area contributed by atoms with Gasteiger partial charge in [0.05, 0.1) is 0 Å². The number of nitrogens with zero attached hydrogens (tertiary/aromatic N) is 1. The van der Waals surface area contributed by atoms with Crippen LogP contribution in [-0.4, -0.2) is 23.6 Å². The van der Waals surface area contributed by atoms with Gasteiger partial charge in [0.15, 0.2) is 0 Å².